The van der Waals surface area contributed by atoms with E-state index in [4.69, 9.17) is 4.74 Å². The third-order valence-corrected chi connectivity index (χ3v) is 4.06. The molecule has 120 valence electrons. The average Bonchev–Trinajstić information content (AvgIpc) is 3.12. The van der Waals surface area contributed by atoms with Gasteiger partial charge in [-0.25, -0.2) is 14.7 Å². The largest absolute Gasteiger partial charge is 0.447 e. The number of imide groups is 1. The van der Waals surface area contributed by atoms with Gasteiger partial charge in [0.2, 0.25) is 5.91 Å². The molecular formula is C17H19N3O3. The predicted octanol–water partition coefficient (Wildman–Crippen LogP) is 1.94. The van der Waals surface area contributed by atoms with E-state index in [1.807, 2.05) is 41.9 Å². The van der Waals surface area contributed by atoms with Crippen molar-refractivity contribution in [2.75, 3.05) is 6.61 Å². The van der Waals surface area contributed by atoms with Gasteiger partial charge in [-0.15, -0.1) is 0 Å². The van der Waals surface area contributed by atoms with Gasteiger partial charge in [0, 0.05) is 25.4 Å². The molecule has 2 heterocycles. The number of carbonyl (C=O) groups is 2. The van der Waals surface area contributed by atoms with Gasteiger partial charge < -0.3 is 9.30 Å². The first-order valence-corrected chi connectivity index (χ1v) is 7.63. The standard InChI is InChI=1S/C17H19N3O3/c1-19-12-18-10-14(19)7-8-16(21)20-15(11-23-17(20)22)9-13-5-3-2-4-6-13/h2-6,10,12,15H,7-9,11H2,1H3/t15-/m0/s1. The molecule has 0 unspecified atom stereocenters. The van der Waals surface area contributed by atoms with Gasteiger partial charge in [0.05, 0.1) is 12.4 Å². The van der Waals surface area contributed by atoms with Crippen LogP contribution in [0.5, 0.6) is 0 Å². The molecular weight excluding hydrogens is 294 g/mol. The molecule has 2 aromatic rings. The molecule has 1 aliphatic heterocycles. The van der Waals surface area contributed by atoms with Crippen LogP contribution in [0.25, 0.3) is 0 Å². The number of cyclic esters (lactones) is 1. The number of ether oxygens (including phenoxy) is 1. The molecule has 6 heteroatoms. The summed E-state index contributed by atoms with van der Waals surface area (Å²) in [6, 6.07) is 9.57. The van der Waals surface area contributed by atoms with Crippen molar-refractivity contribution in [1.82, 2.24) is 14.5 Å². The van der Waals surface area contributed by atoms with Crippen molar-refractivity contribution in [1.29, 1.82) is 0 Å². The Morgan fingerprint density at radius 2 is 2.13 bits per heavy atom. The molecule has 1 fully saturated rings. The Kier molecular flexibility index (Phi) is 4.41. The Hall–Kier alpha value is -2.63. The van der Waals surface area contributed by atoms with Crippen LogP contribution < -0.4 is 0 Å². The van der Waals surface area contributed by atoms with E-state index < -0.39 is 6.09 Å². The van der Waals surface area contributed by atoms with Crippen molar-refractivity contribution in [3.8, 4) is 0 Å². The number of aryl methyl sites for hydroxylation is 2. The number of rotatable bonds is 5. The van der Waals surface area contributed by atoms with Crippen LogP contribution in [-0.2, 0) is 29.4 Å². The van der Waals surface area contributed by atoms with Gasteiger partial charge in [-0.3, -0.25) is 4.79 Å². The lowest BCUT2D eigenvalue weighted by Gasteiger charge is -2.19. The first-order valence-electron chi connectivity index (χ1n) is 7.63. The lowest BCUT2D eigenvalue weighted by atomic mass is 10.1. The zero-order chi connectivity index (χ0) is 16.2. The summed E-state index contributed by atoms with van der Waals surface area (Å²) in [5.41, 5.74) is 2.05. The highest BCUT2D eigenvalue weighted by Gasteiger charge is 2.37. The zero-order valence-corrected chi connectivity index (χ0v) is 13.0. The average molecular weight is 313 g/mol. The van der Waals surface area contributed by atoms with Gasteiger partial charge >= 0.3 is 6.09 Å². The normalized spacial score (nSPS) is 17.3. The first-order chi connectivity index (χ1) is 11.1. The number of hydrogen-bond acceptors (Lipinski definition) is 4. The van der Waals surface area contributed by atoms with E-state index in [9.17, 15) is 9.59 Å². The number of nitrogens with zero attached hydrogens (tertiary/aromatic N) is 3. The summed E-state index contributed by atoms with van der Waals surface area (Å²) in [5, 5.41) is 0. The van der Waals surface area contributed by atoms with Crippen LogP contribution in [0.15, 0.2) is 42.9 Å². The molecule has 0 spiro atoms. The van der Waals surface area contributed by atoms with E-state index in [0.29, 0.717) is 12.8 Å². The zero-order valence-electron chi connectivity index (χ0n) is 13.0. The Morgan fingerprint density at radius 3 is 2.83 bits per heavy atom. The number of imidazole rings is 1. The number of hydrogen-bond donors (Lipinski definition) is 0. The van der Waals surface area contributed by atoms with E-state index in [0.717, 1.165) is 11.3 Å². The summed E-state index contributed by atoms with van der Waals surface area (Å²) in [5.74, 6) is -0.199. The number of benzene rings is 1. The van der Waals surface area contributed by atoms with Crippen LogP contribution in [0.1, 0.15) is 17.7 Å². The Morgan fingerprint density at radius 1 is 1.35 bits per heavy atom. The molecule has 0 bridgehead atoms. The molecule has 0 aliphatic carbocycles. The van der Waals surface area contributed by atoms with E-state index in [1.165, 1.54) is 4.90 Å². The molecule has 0 saturated carbocycles. The third kappa shape index (κ3) is 3.41. The minimum atomic E-state index is -0.541. The van der Waals surface area contributed by atoms with Crippen LogP contribution in [0, 0.1) is 0 Å². The van der Waals surface area contributed by atoms with Crippen LogP contribution >= 0.6 is 0 Å². The van der Waals surface area contributed by atoms with Crippen LogP contribution in [0.4, 0.5) is 4.79 Å². The highest BCUT2D eigenvalue weighted by Crippen LogP contribution is 2.19. The molecule has 23 heavy (non-hydrogen) atoms. The number of amides is 2. The smallest absolute Gasteiger partial charge is 0.416 e. The molecule has 1 aromatic carbocycles. The second-order valence-electron chi connectivity index (χ2n) is 5.68. The molecule has 1 atom stereocenters. The van der Waals surface area contributed by atoms with Crippen molar-refractivity contribution in [2.45, 2.75) is 25.3 Å². The maximum absolute atomic E-state index is 12.5. The molecule has 2 amide bonds. The van der Waals surface area contributed by atoms with E-state index >= 15 is 0 Å². The van der Waals surface area contributed by atoms with Gasteiger partial charge in [-0.2, -0.15) is 0 Å². The highest BCUT2D eigenvalue weighted by molar-refractivity contribution is 5.93. The molecule has 1 saturated heterocycles. The SMILES string of the molecule is Cn1cncc1CCC(=O)N1C(=O)OC[C@@H]1Cc1ccccc1. The second-order valence-corrected chi connectivity index (χ2v) is 5.68. The van der Waals surface area contributed by atoms with Gasteiger partial charge in [0.1, 0.15) is 6.61 Å². The predicted molar refractivity (Wildman–Crippen MR) is 83.7 cm³/mol. The maximum Gasteiger partial charge on any atom is 0.416 e. The monoisotopic (exact) mass is 313 g/mol. The first kappa shape index (κ1) is 15.3. The Balaban J connectivity index is 1.64. The lowest BCUT2D eigenvalue weighted by molar-refractivity contribution is -0.129. The van der Waals surface area contributed by atoms with E-state index in [1.54, 1.807) is 12.5 Å². The van der Waals surface area contributed by atoms with Crippen molar-refractivity contribution in [2.24, 2.45) is 7.05 Å². The highest BCUT2D eigenvalue weighted by atomic mass is 16.6. The summed E-state index contributed by atoms with van der Waals surface area (Å²) in [7, 11) is 1.88. The molecule has 0 N–H and O–H groups in total. The minimum Gasteiger partial charge on any atom is -0.447 e. The topological polar surface area (TPSA) is 64.4 Å². The van der Waals surface area contributed by atoms with Gasteiger partial charge in [0.15, 0.2) is 0 Å². The summed E-state index contributed by atoms with van der Waals surface area (Å²) >= 11 is 0. The molecule has 1 aliphatic rings. The summed E-state index contributed by atoms with van der Waals surface area (Å²) in [4.78, 5) is 29.7. The van der Waals surface area contributed by atoms with Crippen LogP contribution in [0.3, 0.4) is 0 Å². The fourth-order valence-corrected chi connectivity index (χ4v) is 2.78. The maximum atomic E-state index is 12.5. The van der Waals surface area contributed by atoms with E-state index in [2.05, 4.69) is 4.98 Å². The summed E-state index contributed by atoms with van der Waals surface area (Å²) in [6.45, 7) is 0.255. The molecule has 0 radical (unpaired) electrons. The van der Waals surface area contributed by atoms with Gasteiger partial charge in [0.25, 0.3) is 0 Å². The van der Waals surface area contributed by atoms with Crippen LogP contribution in [0.2, 0.25) is 0 Å². The van der Waals surface area contributed by atoms with Crippen molar-refractivity contribution >= 4 is 12.0 Å². The summed E-state index contributed by atoms with van der Waals surface area (Å²) in [6.07, 6.45) is 4.32. The number of carbonyl (C=O) groups excluding carboxylic acids is 2. The van der Waals surface area contributed by atoms with E-state index in [-0.39, 0.29) is 25.0 Å². The minimum absolute atomic E-state index is 0.199. The Bertz CT molecular complexity index is 696. The van der Waals surface area contributed by atoms with Gasteiger partial charge in [-0.05, 0) is 18.4 Å². The van der Waals surface area contributed by atoms with Crippen molar-refractivity contribution < 1.29 is 14.3 Å². The fraction of sp³-hybridized carbons (Fsp3) is 0.353. The molecule has 3 rings (SSSR count). The third-order valence-electron chi connectivity index (χ3n) is 4.06. The van der Waals surface area contributed by atoms with Crippen molar-refractivity contribution in [3.63, 3.8) is 0 Å². The second kappa shape index (κ2) is 6.64. The Labute approximate surface area is 134 Å². The summed E-state index contributed by atoms with van der Waals surface area (Å²) < 4.78 is 6.95. The van der Waals surface area contributed by atoms with Gasteiger partial charge in [-0.1, -0.05) is 30.3 Å². The van der Waals surface area contributed by atoms with Crippen LogP contribution in [-0.4, -0.2) is 39.1 Å². The fourth-order valence-electron chi connectivity index (χ4n) is 2.78. The van der Waals surface area contributed by atoms with Crippen molar-refractivity contribution in [3.05, 3.63) is 54.1 Å². The molecule has 1 aromatic heterocycles. The molecule has 6 nitrogen and oxygen atoms in total. The number of aromatic nitrogens is 2. The lowest BCUT2D eigenvalue weighted by Crippen LogP contribution is -2.40. The quantitative estimate of drug-likeness (QED) is 0.846.